The Balaban J connectivity index is 1.46. The van der Waals surface area contributed by atoms with E-state index in [-0.39, 0.29) is 5.92 Å². The fraction of sp³-hybridized carbons (Fsp3) is 0.476. The Hall–Kier alpha value is -2.47. The number of rotatable bonds is 3. The molecule has 142 valence electrons. The largest absolute Gasteiger partial charge is 0.356 e. The lowest BCUT2D eigenvalue weighted by Crippen LogP contribution is -2.51. The molecule has 2 saturated heterocycles. The zero-order chi connectivity index (χ0) is 18.6. The lowest BCUT2D eigenvalue weighted by molar-refractivity contribution is -0.137. The van der Waals surface area contributed by atoms with Gasteiger partial charge in [0.2, 0.25) is 5.91 Å². The maximum Gasteiger partial charge on any atom is 0.227 e. The number of aromatic nitrogens is 2. The Labute approximate surface area is 160 Å². The van der Waals surface area contributed by atoms with Gasteiger partial charge in [0, 0.05) is 50.9 Å². The molecular weight excluding hydrogens is 338 g/mol. The van der Waals surface area contributed by atoms with Crippen molar-refractivity contribution in [2.75, 3.05) is 51.2 Å². The van der Waals surface area contributed by atoms with E-state index in [9.17, 15) is 4.79 Å². The number of carbonyl (C=O) groups excluding carboxylic acids is 1. The highest BCUT2D eigenvalue weighted by atomic mass is 16.2. The summed E-state index contributed by atoms with van der Waals surface area (Å²) >= 11 is 0. The van der Waals surface area contributed by atoms with Crippen LogP contribution in [0.2, 0.25) is 0 Å². The van der Waals surface area contributed by atoms with Crippen LogP contribution in [0, 0.1) is 5.92 Å². The number of hydrogen-bond acceptors (Lipinski definition) is 5. The van der Waals surface area contributed by atoms with E-state index in [2.05, 4.69) is 38.9 Å². The summed E-state index contributed by atoms with van der Waals surface area (Å²) in [6.45, 7) is 5.31. The quantitative estimate of drug-likeness (QED) is 0.834. The van der Waals surface area contributed by atoms with Gasteiger partial charge in [0.05, 0.1) is 11.6 Å². The highest BCUT2D eigenvalue weighted by Gasteiger charge is 2.31. The van der Waals surface area contributed by atoms with Crippen molar-refractivity contribution >= 4 is 11.7 Å². The second kappa shape index (κ2) is 8.05. The molecule has 0 spiro atoms. The van der Waals surface area contributed by atoms with E-state index in [4.69, 9.17) is 0 Å². The Morgan fingerprint density at radius 3 is 2.59 bits per heavy atom. The van der Waals surface area contributed by atoms with Crippen molar-refractivity contribution in [2.45, 2.75) is 12.8 Å². The van der Waals surface area contributed by atoms with Gasteiger partial charge in [-0.25, -0.2) is 9.97 Å². The molecule has 0 bridgehead atoms. The number of amides is 1. The van der Waals surface area contributed by atoms with Gasteiger partial charge >= 0.3 is 0 Å². The van der Waals surface area contributed by atoms with Gasteiger partial charge in [-0.3, -0.25) is 4.79 Å². The number of piperidine rings is 1. The van der Waals surface area contributed by atoms with Gasteiger partial charge < -0.3 is 14.7 Å². The predicted octanol–water partition coefficient (Wildman–Crippen LogP) is 2.13. The van der Waals surface area contributed by atoms with Crippen LogP contribution >= 0.6 is 0 Å². The van der Waals surface area contributed by atoms with Crippen molar-refractivity contribution in [2.24, 2.45) is 5.92 Å². The van der Waals surface area contributed by atoms with Crippen LogP contribution < -0.4 is 4.90 Å². The molecule has 6 heteroatoms. The van der Waals surface area contributed by atoms with Gasteiger partial charge in [0.25, 0.3) is 0 Å². The number of carbonyl (C=O) groups is 1. The zero-order valence-electron chi connectivity index (χ0n) is 15.9. The van der Waals surface area contributed by atoms with Gasteiger partial charge in [-0.2, -0.15) is 0 Å². The summed E-state index contributed by atoms with van der Waals surface area (Å²) in [6.07, 6.45) is 3.62. The monoisotopic (exact) mass is 365 g/mol. The van der Waals surface area contributed by atoms with Crippen LogP contribution in [0.4, 0.5) is 5.82 Å². The highest BCUT2D eigenvalue weighted by molar-refractivity contribution is 5.80. The zero-order valence-corrected chi connectivity index (χ0v) is 15.9. The third kappa shape index (κ3) is 4.11. The fourth-order valence-corrected chi connectivity index (χ4v) is 3.96. The Morgan fingerprint density at radius 2 is 1.81 bits per heavy atom. The lowest BCUT2D eigenvalue weighted by atomic mass is 9.96. The van der Waals surface area contributed by atoms with E-state index in [0.717, 1.165) is 69.2 Å². The van der Waals surface area contributed by atoms with Crippen LogP contribution in [0.5, 0.6) is 0 Å². The molecule has 1 aromatic heterocycles. The first-order chi connectivity index (χ1) is 13.2. The average molecular weight is 365 g/mol. The number of piperazine rings is 1. The van der Waals surface area contributed by atoms with Crippen molar-refractivity contribution in [1.29, 1.82) is 0 Å². The van der Waals surface area contributed by atoms with Gasteiger partial charge in [-0.15, -0.1) is 0 Å². The number of hydrogen-bond donors (Lipinski definition) is 0. The molecule has 3 heterocycles. The maximum absolute atomic E-state index is 13.0. The minimum absolute atomic E-state index is 0.0669. The van der Waals surface area contributed by atoms with Crippen LogP contribution in [0.1, 0.15) is 12.8 Å². The number of likely N-dealkylation sites (N-methyl/N-ethyl adjacent to an activating group) is 1. The van der Waals surface area contributed by atoms with Crippen LogP contribution in [0.3, 0.4) is 0 Å². The van der Waals surface area contributed by atoms with Crippen LogP contribution in [-0.2, 0) is 4.79 Å². The van der Waals surface area contributed by atoms with E-state index >= 15 is 0 Å². The normalized spacial score (nSPS) is 21.3. The molecule has 27 heavy (non-hydrogen) atoms. The van der Waals surface area contributed by atoms with Crippen LogP contribution in [0.15, 0.2) is 42.7 Å². The molecule has 1 atom stereocenters. The molecule has 1 aromatic carbocycles. The molecule has 0 saturated carbocycles. The summed E-state index contributed by atoms with van der Waals surface area (Å²) in [4.78, 5) is 28.5. The predicted molar refractivity (Wildman–Crippen MR) is 106 cm³/mol. The third-order valence-corrected chi connectivity index (χ3v) is 5.63. The third-order valence-electron chi connectivity index (χ3n) is 5.63. The van der Waals surface area contributed by atoms with Gasteiger partial charge in [-0.05, 0) is 19.9 Å². The van der Waals surface area contributed by atoms with E-state index in [1.54, 1.807) is 6.33 Å². The molecule has 1 amide bonds. The molecule has 2 fully saturated rings. The minimum atomic E-state index is 0.0669. The van der Waals surface area contributed by atoms with Crippen molar-refractivity contribution in [3.05, 3.63) is 42.7 Å². The molecule has 6 nitrogen and oxygen atoms in total. The topological polar surface area (TPSA) is 52.6 Å². The van der Waals surface area contributed by atoms with E-state index < -0.39 is 0 Å². The van der Waals surface area contributed by atoms with Gasteiger partial charge in [0.15, 0.2) is 0 Å². The van der Waals surface area contributed by atoms with E-state index in [1.165, 1.54) is 0 Å². The van der Waals surface area contributed by atoms with Gasteiger partial charge in [0.1, 0.15) is 12.1 Å². The highest BCUT2D eigenvalue weighted by Crippen LogP contribution is 2.26. The summed E-state index contributed by atoms with van der Waals surface area (Å²) in [7, 11) is 2.11. The SMILES string of the molecule is CN1CCN(C(=O)C2CCCN(c3cc(-c4ccccc4)ncn3)C2)CC1. The first-order valence-electron chi connectivity index (χ1n) is 9.80. The average Bonchev–Trinajstić information content (AvgIpc) is 2.75. The molecule has 2 aliphatic rings. The summed E-state index contributed by atoms with van der Waals surface area (Å²) < 4.78 is 0. The van der Waals surface area contributed by atoms with E-state index in [1.807, 2.05) is 29.2 Å². The van der Waals surface area contributed by atoms with Crippen molar-refractivity contribution in [3.8, 4) is 11.3 Å². The van der Waals surface area contributed by atoms with Gasteiger partial charge in [-0.1, -0.05) is 30.3 Å². The minimum Gasteiger partial charge on any atom is -0.356 e. The summed E-state index contributed by atoms with van der Waals surface area (Å²) in [5, 5.41) is 0. The standard InChI is InChI=1S/C21H27N5O/c1-24-10-12-25(13-11-24)21(27)18-8-5-9-26(15-18)20-14-19(22-16-23-20)17-6-3-2-4-7-17/h2-4,6-7,14,16,18H,5,8-13,15H2,1H3. The maximum atomic E-state index is 13.0. The number of nitrogens with zero attached hydrogens (tertiary/aromatic N) is 5. The molecule has 2 aromatic rings. The van der Waals surface area contributed by atoms with Crippen molar-refractivity contribution < 1.29 is 4.79 Å². The van der Waals surface area contributed by atoms with Crippen LogP contribution in [-0.4, -0.2) is 72.0 Å². The second-order valence-corrected chi connectivity index (χ2v) is 7.54. The summed E-state index contributed by atoms with van der Waals surface area (Å²) in [5.41, 5.74) is 2.01. The molecule has 0 N–H and O–H groups in total. The molecule has 0 aliphatic carbocycles. The molecular formula is C21H27N5O. The van der Waals surface area contributed by atoms with Crippen molar-refractivity contribution in [3.63, 3.8) is 0 Å². The Kier molecular flexibility index (Phi) is 5.34. The molecule has 1 unspecified atom stereocenters. The smallest absolute Gasteiger partial charge is 0.227 e. The summed E-state index contributed by atoms with van der Waals surface area (Å²) in [6, 6.07) is 12.2. The van der Waals surface area contributed by atoms with Crippen molar-refractivity contribution in [1.82, 2.24) is 19.8 Å². The molecule has 4 rings (SSSR count). The van der Waals surface area contributed by atoms with Crippen LogP contribution in [0.25, 0.3) is 11.3 Å². The first-order valence-corrected chi connectivity index (χ1v) is 9.80. The Bertz CT molecular complexity index is 773. The van der Waals surface area contributed by atoms with E-state index in [0.29, 0.717) is 5.91 Å². The Morgan fingerprint density at radius 1 is 1.04 bits per heavy atom. The number of anilines is 1. The lowest BCUT2D eigenvalue weighted by Gasteiger charge is -2.38. The first kappa shape index (κ1) is 17.9. The molecule has 2 aliphatic heterocycles. The fourth-order valence-electron chi connectivity index (χ4n) is 3.96. The summed E-state index contributed by atoms with van der Waals surface area (Å²) in [5.74, 6) is 1.29. The molecule has 0 radical (unpaired) electrons. The second-order valence-electron chi connectivity index (χ2n) is 7.54. The number of benzene rings is 1.